The van der Waals surface area contributed by atoms with Crippen molar-refractivity contribution in [1.82, 2.24) is 9.78 Å². The lowest BCUT2D eigenvalue weighted by atomic mass is 10.3. The van der Waals surface area contributed by atoms with Gasteiger partial charge in [-0.1, -0.05) is 23.2 Å². The van der Waals surface area contributed by atoms with Gasteiger partial charge in [0, 0.05) is 21.8 Å². The van der Waals surface area contributed by atoms with Crippen LogP contribution in [0.4, 0.5) is 10.5 Å². The van der Waals surface area contributed by atoms with Crippen molar-refractivity contribution in [3.05, 3.63) is 40.0 Å². The molecule has 0 atom stereocenters. The number of aromatic nitrogens is 2. The number of benzene rings is 1. The first kappa shape index (κ1) is 13.7. The fraction of sp³-hybridized carbons (Fsp3) is 0.167. The van der Waals surface area contributed by atoms with Crippen LogP contribution in [0.3, 0.4) is 0 Å². The van der Waals surface area contributed by atoms with Gasteiger partial charge in [0.15, 0.2) is 0 Å². The molecule has 1 aromatic heterocycles. The highest BCUT2D eigenvalue weighted by atomic mass is 35.5. The Morgan fingerprint density at radius 2 is 1.89 bits per heavy atom. The molecule has 0 saturated heterocycles. The van der Waals surface area contributed by atoms with Gasteiger partial charge in [0.05, 0.1) is 12.8 Å². The van der Waals surface area contributed by atoms with Gasteiger partial charge in [0.1, 0.15) is 0 Å². The molecule has 1 N–H and O–H groups in total. The first-order chi connectivity index (χ1) is 8.99. The van der Waals surface area contributed by atoms with Crippen LogP contribution in [0.15, 0.2) is 24.3 Å². The minimum atomic E-state index is -0.417. The van der Waals surface area contributed by atoms with E-state index in [-0.39, 0.29) is 0 Å². The van der Waals surface area contributed by atoms with Crippen molar-refractivity contribution in [2.45, 2.75) is 6.92 Å². The van der Waals surface area contributed by atoms with Crippen molar-refractivity contribution in [3.8, 4) is 5.88 Å². The lowest BCUT2D eigenvalue weighted by molar-refractivity contribution is 0.249. The van der Waals surface area contributed by atoms with Crippen LogP contribution in [-0.2, 0) is 0 Å². The van der Waals surface area contributed by atoms with E-state index in [1.807, 2.05) is 0 Å². The van der Waals surface area contributed by atoms with E-state index in [1.165, 1.54) is 11.8 Å². The van der Waals surface area contributed by atoms with Crippen LogP contribution >= 0.6 is 23.2 Å². The topological polar surface area (TPSA) is 56.1 Å². The minimum Gasteiger partial charge on any atom is -0.480 e. The van der Waals surface area contributed by atoms with Gasteiger partial charge in [0.2, 0.25) is 5.88 Å². The van der Waals surface area contributed by atoms with Crippen molar-refractivity contribution >= 4 is 34.9 Å². The largest absolute Gasteiger partial charge is 0.480 e. The molecule has 0 aliphatic heterocycles. The zero-order chi connectivity index (χ0) is 14.0. The Labute approximate surface area is 120 Å². The van der Waals surface area contributed by atoms with E-state index in [0.717, 1.165) is 0 Å². The summed E-state index contributed by atoms with van der Waals surface area (Å²) in [5, 5.41) is 7.53. The lowest BCUT2D eigenvalue weighted by Crippen LogP contribution is -2.21. The highest BCUT2D eigenvalue weighted by Gasteiger charge is 2.12. The average Bonchev–Trinajstić information content (AvgIpc) is 2.69. The summed E-state index contributed by atoms with van der Waals surface area (Å²) in [5.41, 5.74) is 1.15. The van der Waals surface area contributed by atoms with Crippen LogP contribution in [0.5, 0.6) is 5.88 Å². The van der Waals surface area contributed by atoms with E-state index in [4.69, 9.17) is 27.9 Å². The van der Waals surface area contributed by atoms with Crippen molar-refractivity contribution in [2.75, 3.05) is 12.4 Å². The normalized spacial score (nSPS) is 10.3. The molecule has 0 aliphatic carbocycles. The van der Waals surface area contributed by atoms with E-state index in [0.29, 0.717) is 27.3 Å². The molecule has 0 bridgehead atoms. The Morgan fingerprint density at radius 1 is 1.26 bits per heavy atom. The second kappa shape index (κ2) is 5.50. The molecule has 0 unspecified atom stereocenters. The summed E-state index contributed by atoms with van der Waals surface area (Å²) in [6, 6.07) is 6.02. The predicted molar refractivity (Wildman–Crippen MR) is 74.4 cm³/mol. The number of nitrogens with zero attached hydrogens (tertiary/aromatic N) is 2. The maximum absolute atomic E-state index is 12.0. The third-order valence-electron chi connectivity index (χ3n) is 2.38. The van der Waals surface area contributed by atoms with Gasteiger partial charge in [-0.25, -0.2) is 4.79 Å². The number of nitrogens with one attached hydrogen (secondary N) is 1. The summed E-state index contributed by atoms with van der Waals surface area (Å²) >= 11 is 11.7. The number of hydrogen-bond donors (Lipinski definition) is 1. The van der Waals surface area contributed by atoms with Gasteiger partial charge in [-0.15, -0.1) is 5.10 Å². The maximum atomic E-state index is 12.0. The predicted octanol–water partition coefficient (Wildman–Crippen LogP) is 3.59. The molecule has 0 radical (unpaired) electrons. The second-order valence-electron chi connectivity index (χ2n) is 3.83. The molecular formula is C12H11Cl2N3O2. The fourth-order valence-electron chi connectivity index (χ4n) is 1.55. The number of anilines is 1. The van der Waals surface area contributed by atoms with Crippen LogP contribution in [-0.4, -0.2) is 22.9 Å². The highest BCUT2D eigenvalue weighted by molar-refractivity contribution is 6.35. The van der Waals surface area contributed by atoms with E-state index >= 15 is 0 Å². The van der Waals surface area contributed by atoms with E-state index < -0.39 is 6.03 Å². The van der Waals surface area contributed by atoms with Crippen molar-refractivity contribution in [1.29, 1.82) is 0 Å². The number of carbonyl (C=O) groups excluding carboxylic acids is 1. The standard InChI is InChI=1S/C12H11Cl2N3O2/c1-7-3-11(19-2)16-17(7)12(18)15-10-5-8(13)4-9(14)6-10/h3-6H,1-2H3,(H,15,18). The van der Waals surface area contributed by atoms with Gasteiger partial charge >= 0.3 is 6.03 Å². The monoisotopic (exact) mass is 299 g/mol. The number of carbonyl (C=O) groups is 1. The van der Waals surface area contributed by atoms with E-state index in [1.54, 1.807) is 31.2 Å². The Kier molecular flexibility index (Phi) is 3.97. The summed E-state index contributed by atoms with van der Waals surface area (Å²) in [6.07, 6.45) is 0. The van der Waals surface area contributed by atoms with Crippen LogP contribution in [0.1, 0.15) is 5.69 Å². The Morgan fingerprint density at radius 3 is 2.42 bits per heavy atom. The Balaban J connectivity index is 2.22. The number of rotatable bonds is 2. The molecule has 0 spiro atoms. The van der Waals surface area contributed by atoms with Crippen LogP contribution < -0.4 is 10.1 Å². The zero-order valence-corrected chi connectivity index (χ0v) is 11.8. The molecule has 5 nitrogen and oxygen atoms in total. The molecule has 0 aliphatic rings. The van der Waals surface area contributed by atoms with Gasteiger partial charge in [-0.3, -0.25) is 0 Å². The Hall–Kier alpha value is -1.72. The fourth-order valence-corrected chi connectivity index (χ4v) is 2.08. The summed E-state index contributed by atoms with van der Waals surface area (Å²) in [5.74, 6) is 0.372. The SMILES string of the molecule is COc1cc(C)n(C(=O)Nc2cc(Cl)cc(Cl)c2)n1. The quantitative estimate of drug-likeness (QED) is 0.922. The third-order valence-corrected chi connectivity index (χ3v) is 2.82. The van der Waals surface area contributed by atoms with Gasteiger partial charge in [-0.05, 0) is 25.1 Å². The summed E-state index contributed by atoms with van der Waals surface area (Å²) in [6.45, 7) is 1.75. The molecule has 100 valence electrons. The van der Waals surface area contributed by atoms with Crippen LogP contribution in [0.2, 0.25) is 10.0 Å². The molecule has 0 saturated carbocycles. The van der Waals surface area contributed by atoms with Crippen molar-refractivity contribution in [3.63, 3.8) is 0 Å². The average molecular weight is 300 g/mol. The summed E-state index contributed by atoms with van der Waals surface area (Å²) < 4.78 is 6.16. The molecule has 19 heavy (non-hydrogen) atoms. The lowest BCUT2D eigenvalue weighted by Gasteiger charge is -2.07. The number of ether oxygens (including phenoxy) is 1. The number of amides is 1. The van der Waals surface area contributed by atoms with Crippen molar-refractivity contribution in [2.24, 2.45) is 0 Å². The third kappa shape index (κ3) is 3.19. The molecule has 1 heterocycles. The van der Waals surface area contributed by atoms with E-state index in [9.17, 15) is 4.79 Å². The number of aryl methyl sites for hydroxylation is 1. The number of methoxy groups -OCH3 is 1. The smallest absolute Gasteiger partial charge is 0.346 e. The van der Waals surface area contributed by atoms with Gasteiger partial charge in [-0.2, -0.15) is 4.68 Å². The first-order valence-corrected chi connectivity index (χ1v) is 6.13. The number of halogens is 2. The van der Waals surface area contributed by atoms with Crippen molar-refractivity contribution < 1.29 is 9.53 Å². The molecule has 1 aromatic carbocycles. The first-order valence-electron chi connectivity index (χ1n) is 5.37. The van der Waals surface area contributed by atoms with Gasteiger partial charge in [0.25, 0.3) is 0 Å². The molecule has 0 fully saturated rings. The van der Waals surface area contributed by atoms with Crippen LogP contribution in [0, 0.1) is 6.92 Å². The summed E-state index contributed by atoms with van der Waals surface area (Å²) in [4.78, 5) is 12.0. The molecule has 7 heteroatoms. The second-order valence-corrected chi connectivity index (χ2v) is 4.70. The Bertz CT molecular complexity index is 605. The molecule has 2 rings (SSSR count). The summed E-state index contributed by atoms with van der Waals surface area (Å²) in [7, 11) is 1.49. The highest BCUT2D eigenvalue weighted by Crippen LogP contribution is 2.22. The molecular weight excluding hydrogens is 289 g/mol. The number of hydrogen-bond acceptors (Lipinski definition) is 3. The maximum Gasteiger partial charge on any atom is 0.346 e. The van der Waals surface area contributed by atoms with E-state index in [2.05, 4.69) is 10.4 Å². The molecule has 2 aromatic rings. The van der Waals surface area contributed by atoms with Gasteiger partial charge < -0.3 is 10.1 Å². The zero-order valence-electron chi connectivity index (χ0n) is 10.3. The minimum absolute atomic E-state index is 0.372. The van der Waals surface area contributed by atoms with Crippen LogP contribution in [0.25, 0.3) is 0 Å². The molecule has 1 amide bonds.